The lowest BCUT2D eigenvalue weighted by Crippen LogP contribution is -2.31. The molecule has 0 aliphatic carbocycles. The van der Waals surface area contributed by atoms with Crippen molar-refractivity contribution in [2.45, 2.75) is 27.7 Å². The lowest BCUT2D eigenvalue weighted by Gasteiger charge is -2.23. The quantitative estimate of drug-likeness (QED) is 0.403. The molecule has 188 valence electrons. The highest BCUT2D eigenvalue weighted by Gasteiger charge is 2.17. The molecule has 0 atom stereocenters. The van der Waals surface area contributed by atoms with E-state index in [-0.39, 0.29) is 11.3 Å². The van der Waals surface area contributed by atoms with Gasteiger partial charge in [0.25, 0.3) is 5.56 Å². The molecule has 10 heteroatoms. The average molecular weight is 491 g/mol. The lowest BCUT2D eigenvalue weighted by atomic mass is 10.1. The third kappa shape index (κ3) is 4.04. The van der Waals surface area contributed by atoms with Gasteiger partial charge >= 0.3 is 11.4 Å². The molecule has 4 rings (SSSR count). The first kappa shape index (κ1) is 24.8. The van der Waals surface area contributed by atoms with Crippen LogP contribution in [0.5, 0.6) is 5.88 Å². The number of nitrogens with one attached hydrogen (secondary N) is 1. The Morgan fingerprint density at radius 2 is 1.61 bits per heavy atom. The molecule has 0 aliphatic heterocycles. The molecular weight excluding hydrogens is 460 g/mol. The summed E-state index contributed by atoms with van der Waals surface area (Å²) in [5.74, 6) is -0.506. The Kier molecular flexibility index (Phi) is 6.45. The smallest absolute Gasteiger partial charge is 0.335 e. The molecule has 2 aromatic heterocycles. The van der Waals surface area contributed by atoms with Gasteiger partial charge in [-0.3, -0.25) is 23.9 Å². The van der Waals surface area contributed by atoms with Gasteiger partial charge < -0.3 is 10.0 Å². The van der Waals surface area contributed by atoms with Crippen LogP contribution in [0.15, 0.2) is 49.7 Å². The molecular formula is C26H30N6O4. The Morgan fingerprint density at radius 1 is 0.972 bits per heavy atom. The summed E-state index contributed by atoms with van der Waals surface area (Å²) in [5.41, 5.74) is 3.33. The highest BCUT2D eigenvalue weighted by Crippen LogP contribution is 2.33. The molecule has 2 aromatic carbocycles. The van der Waals surface area contributed by atoms with Crippen LogP contribution in [-0.2, 0) is 14.1 Å². The summed E-state index contributed by atoms with van der Waals surface area (Å²) < 4.78 is 4.15. The Hall–Kier alpha value is -4.34. The molecule has 10 nitrogen and oxygen atoms in total. The second-order valence-electron chi connectivity index (χ2n) is 8.76. The number of hydrogen-bond acceptors (Lipinski definition) is 6. The molecule has 2 N–H and O–H groups in total. The second kappa shape index (κ2) is 9.37. The number of H-pyrrole nitrogens is 1. The van der Waals surface area contributed by atoms with E-state index in [2.05, 4.69) is 14.9 Å². The van der Waals surface area contributed by atoms with Gasteiger partial charge in [0.05, 0.1) is 28.1 Å². The van der Waals surface area contributed by atoms with Gasteiger partial charge in [-0.25, -0.2) is 14.2 Å². The van der Waals surface area contributed by atoms with Gasteiger partial charge in [-0.2, -0.15) is 0 Å². The second-order valence-corrected chi connectivity index (χ2v) is 8.76. The molecule has 0 saturated carbocycles. The maximum atomic E-state index is 12.7. The van der Waals surface area contributed by atoms with Crippen molar-refractivity contribution in [1.82, 2.24) is 18.7 Å². The van der Waals surface area contributed by atoms with E-state index >= 15 is 0 Å². The Labute approximate surface area is 207 Å². The van der Waals surface area contributed by atoms with E-state index in [1.807, 2.05) is 39.8 Å². The molecule has 0 amide bonds. The zero-order valence-corrected chi connectivity index (χ0v) is 21.3. The molecule has 0 aliphatic rings. The average Bonchev–Trinajstić information content (AvgIpc) is 3.05. The number of aromatic nitrogens is 4. The minimum absolute atomic E-state index is 0.152. The van der Waals surface area contributed by atoms with Crippen molar-refractivity contribution in [2.75, 3.05) is 18.0 Å². The van der Waals surface area contributed by atoms with Crippen LogP contribution < -0.4 is 21.8 Å². The summed E-state index contributed by atoms with van der Waals surface area (Å²) in [6, 6.07) is 8.98. The van der Waals surface area contributed by atoms with Crippen LogP contribution in [-0.4, -0.2) is 43.1 Å². The van der Waals surface area contributed by atoms with Crippen LogP contribution in [0.4, 0.5) is 11.4 Å². The van der Waals surface area contributed by atoms with Gasteiger partial charge in [-0.1, -0.05) is 6.07 Å². The van der Waals surface area contributed by atoms with Crippen LogP contribution in [0.1, 0.15) is 30.5 Å². The third-order valence-electron chi connectivity index (χ3n) is 6.67. The molecule has 0 bridgehead atoms. The summed E-state index contributed by atoms with van der Waals surface area (Å²) in [6.45, 7) is 9.28. The fourth-order valence-electron chi connectivity index (χ4n) is 4.34. The highest BCUT2D eigenvalue weighted by molar-refractivity contribution is 5.91. The van der Waals surface area contributed by atoms with E-state index in [9.17, 15) is 19.5 Å². The minimum Gasteiger partial charge on any atom is -0.493 e. The lowest BCUT2D eigenvalue weighted by molar-refractivity contribution is 0.430. The zero-order chi connectivity index (χ0) is 26.3. The number of fused-ring (bicyclic) bond motifs is 1. The number of aromatic amines is 1. The van der Waals surface area contributed by atoms with Gasteiger partial charge in [0.1, 0.15) is 5.56 Å². The molecule has 0 fully saturated rings. The number of hydrogen-bond donors (Lipinski definition) is 2. The summed E-state index contributed by atoms with van der Waals surface area (Å²) in [7, 11) is 3.40. The number of aromatic hydroxyl groups is 1. The van der Waals surface area contributed by atoms with Crippen LogP contribution in [0, 0.1) is 13.8 Å². The van der Waals surface area contributed by atoms with E-state index in [0.29, 0.717) is 30.0 Å². The largest absolute Gasteiger partial charge is 0.493 e. The minimum atomic E-state index is -0.751. The summed E-state index contributed by atoms with van der Waals surface area (Å²) in [4.78, 5) is 46.6. The maximum Gasteiger partial charge on any atom is 0.335 e. The van der Waals surface area contributed by atoms with E-state index in [1.165, 1.54) is 10.8 Å². The number of benzene rings is 2. The van der Waals surface area contributed by atoms with E-state index in [4.69, 9.17) is 0 Å². The highest BCUT2D eigenvalue weighted by atomic mass is 16.3. The molecule has 4 aromatic rings. The molecule has 36 heavy (non-hydrogen) atoms. The van der Waals surface area contributed by atoms with Crippen LogP contribution in [0.25, 0.3) is 16.7 Å². The first-order valence-corrected chi connectivity index (χ1v) is 11.7. The number of imidazole rings is 1. The van der Waals surface area contributed by atoms with E-state index in [1.54, 1.807) is 36.9 Å². The van der Waals surface area contributed by atoms with Crippen molar-refractivity contribution >= 4 is 28.6 Å². The van der Waals surface area contributed by atoms with Gasteiger partial charge in [0.15, 0.2) is 0 Å². The standard InChI is InChI=1S/C26H30N6O4/c1-7-31(8-2)20-13-22-21(29(5)26(36)30(22)6)12-19(20)27-14-18-23(33)28-25(35)32(24(18)34)17-10-9-15(3)16(4)11-17/h9-14,34H,7-8H2,1-6H3,(H,28,33,35). The van der Waals surface area contributed by atoms with E-state index in [0.717, 1.165) is 26.9 Å². The monoisotopic (exact) mass is 490 g/mol. The molecule has 2 heterocycles. The molecule has 0 unspecified atom stereocenters. The molecule has 0 spiro atoms. The Balaban J connectivity index is 1.92. The number of aliphatic imine (C=N–C) groups is 1. The van der Waals surface area contributed by atoms with Crippen molar-refractivity contribution in [3.63, 3.8) is 0 Å². The van der Waals surface area contributed by atoms with Crippen LogP contribution >= 0.6 is 0 Å². The first-order valence-electron chi connectivity index (χ1n) is 11.7. The summed E-state index contributed by atoms with van der Waals surface area (Å²) in [5, 5.41) is 11.0. The zero-order valence-electron chi connectivity index (χ0n) is 21.3. The Morgan fingerprint density at radius 3 is 2.22 bits per heavy atom. The van der Waals surface area contributed by atoms with Gasteiger partial charge in [-0.15, -0.1) is 0 Å². The normalized spacial score (nSPS) is 11.6. The predicted octanol–water partition coefficient (Wildman–Crippen LogP) is 2.64. The van der Waals surface area contributed by atoms with Crippen LogP contribution in [0.3, 0.4) is 0 Å². The van der Waals surface area contributed by atoms with Gasteiger partial charge in [0, 0.05) is 33.4 Å². The number of anilines is 1. The number of nitrogens with zero attached hydrogens (tertiary/aromatic N) is 5. The van der Waals surface area contributed by atoms with Crippen molar-refractivity contribution in [1.29, 1.82) is 0 Å². The SMILES string of the molecule is CCN(CC)c1cc2c(cc1N=Cc1c(O)n(-c3ccc(C)c(C)c3)c(=O)[nH]c1=O)n(C)c(=O)n2C. The fraction of sp³-hybridized carbons (Fsp3) is 0.308. The summed E-state index contributed by atoms with van der Waals surface area (Å²) >= 11 is 0. The predicted molar refractivity (Wildman–Crippen MR) is 143 cm³/mol. The Bertz CT molecular complexity index is 1680. The van der Waals surface area contributed by atoms with E-state index < -0.39 is 17.1 Å². The van der Waals surface area contributed by atoms with Gasteiger partial charge in [0.2, 0.25) is 5.88 Å². The van der Waals surface area contributed by atoms with Crippen molar-refractivity contribution in [2.24, 2.45) is 19.1 Å². The topological polar surface area (TPSA) is 118 Å². The number of rotatable bonds is 6. The van der Waals surface area contributed by atoms with Gasteiger partial charge in [-0.05, 0) is 63.1 Å². The third-order valence-corrected chi connectivity index (χ3v) is 6.67. The van der Waals surface area contributed by atoms with Crippen molar-refractivity contribution in [3.8, 4) is 11.6 Å². The van der Waals surface area contributed by atoms with Crippen LogP contribution in [0.2, 0.25) is 0 Å². The van der Waals surface area contributed by atoms with Crippen molar-refractivity contribution < 1.29 is 5.11 Å². The molecule has 0 saturated heterocycles. The first-order chi connectivity index (χ1) is 17.1. The maximum absolute atomic E-state index is 12.7. The molecule has 0 radical (unpaired) electrons. The summed E-state index contributed by atoms with van der Waals surface area (Å²) in [6.07, 6.45) is 1.25. The number of aryl methyl sites for hydroxylation is 4. The fourth-order valence-corrected chi connectivity index (χ4v) is 4.34. The van der Waals surface area contributed by atoms with Crippen molar-refractivity contribution in [3.05, 3.63) is 78.3 Å².